The quantitative estimate of drug-likeness (QED) is 0.635. The van der Waals surface area contributed by atoms with Gasteiger partial charge in [-0.1, -0.05) is 0 Å². The molecule has 23 heavy (non-hydrogen) atoms. The van der Waals surface area contributed by atoms with Crippen molar-refractivity contribution in [3.05, 3.63) is 45.6 Å². The largest absolute Gasteiger partial charge is 0.354 e. The smallest absolute Gasteiger partial charge is 0.128 e. The average molecular weight is 458 g/mol. The molecule has 0 radical (unpaired) electrons. The molecule has 0 spiro atoms. The van der Waals surface area contributed by atoms with Gasteiger partial charge in [-0.05, 0) is 56.1 Å². The average Bonchev–Trinajstić information content (AvgIpc) is 2.58. The van der Waals surface area contributed by atoms with Crippen LogP contribution in [0.4, 0.5) is 5.82 Å². The number of halogens is 2. The zero-order chi connectivity index (χ0) is 16.1. The van der Waals surface area contributed by atoms with Crippen molar-refractivity contribution in [3.63, 3.8) is 0 Å². The highest BCUT2D eigenvalue weighted by Crippen LogP contribution is 2.19. The zero-order valence-electron chi connectivity index (χ0n) is 12.7. The van der Waals surface area contributed by atoms with Crippen molar-refractivity contribution in [2.24, 2.45) is 0 Å². The Morgan fingerprint density at radius 3 is 2.22 bits per heavy atom. The summed E-state index contributed by atoms with van der Waals surface area (Å²) in [6, 6.07) is 8.23. The Labute approximate surface area is 157 Å². The number of pyridine rings is 2. The highest BCUT2D eigenvalue weighted by atomic mass is 79.9. The minimum Gasteiger partial charge on any atom is -0.354 e. The Balaban J connectivity index is 1.40. The second-order valence-electron chi connectivity index (χ2n) is 5.33. The maximum absolute atomic E-state index is 4.48. The van der Waals surface area contributed by atoms with Crippen LogP contribution in [0, 0.1) is 0 Å². The number of anilines is 1. The van der Waals surface area contributed by atoms with Gasteiger partial charge in [-0.2, -0.15) is 0 Å². The Morgan fingerprint density at radius 1 is 0.913 bits per heavy atom. The van der Waals surface area contributed by atoms with Crippen LogP contribution in [-0.2, 0) is 0 Å². The molecule has 0 bridgehead atoms. The molecule has 0 aliphatic carbocycles. The van der Waals surface area contributed by atoms with Gasteiger partial charge in [-0.3, -0.25) is 4.90 Å². The van der Waals surface area contributed by atoms with E-state index in [1.54, 1.807) is 0 Å². The van der Waals surface area contributed by atoms with Gasteiger partial charge in [0.1, 0.15) is 5.82 Å². The Morgan fingerprint density at radius 2 is 1.61 bits per heavy atom. The summed E-state index contributed by atoms with van der Waals surface area (Å²) in [5.41, 5.74) is 0. The third kappa shape index (κ3) is 5.17. The molecule has 3 heterocycles. The summed E-state index contributed by atoms with van der Waals surface area (Å²) in [5, 5.41) is 1.09. The van der Waals surface area contributed by atoms with E-state index in [1.807, 2.05) is 30.2 Å². The molecule has 3 rings (SSSR count). The fraction of sp³-hybridized carbons (Fsp3) is 0.375. The molecule has 0 amide bonds. The van der Waals surface area contributed by atoms with Crippen LogP contribution in [0.3, 0.4) is 0 Å². The first kappa shape index (κ1) is 17.2. The van der Waals surface area contributed by atoms with Gasteiger partial charge in [-0.15, -0.1) is 11.8 Å². The van der Waals surface area contributed by atoms with Crippen LogP contribution < -0.4 is 4.90 Å². The second-order valence-corrected chi connectivity index (χ2v) is 8.27. The summed E-state index contributed by atoms with van der Waals surface area (Å²) in [7, 11) is 0. The second kappa shape index (κ2) is 8.46. The van der Waals surface area contributed by atoms with Crippen LogP contribution >= 0.6 is 43.6 Å². The molecule has 7 heteroatoms. The van der Waals surface area contributed by atoms with Crippen molar-refractivity contribution in [1.29, 1.82) is 0 Å². The number of rotatable bonds is 5. The summed E-state index contributed by atoms with van der Waals surface area (Å²) >= 11 is 8.66. The summed E-state index contributed by atoms with van der Waals surface area (Å²) < 4.78 is 2.05. The maximum Gasteiger partial charge on any atom is 0.128 e. The topological polar surface area (TPSA) is 32.3 Å². The molecule has 4 nitrogen and oxygen atoms in total. The number of thioether (sulfide) groups is 1. The minimum absolute atomic E-state index is 1.03. The number of hydrogen-bond acceptors (Lipinski definition) is 5. The predicted molar refractivity (Wildman–Crippen MR) is 103 cm³/mol. The number of nitrogens with zero attached hydrogens (tertiary/aromatic N) is 4. The van der Waals surface area contributed by atoms with Crippen molar-refractivity contribution in [2.45, 2.75) is 5.03 Å². The highest BCUT2D eigenvalue weighted by Gasteiger charge is 2.17. The monoisotopic (exact) mass is 456 g/mol. The van der Waals surface area contributed by atoms with Crippen molar-refractivity contribution >= 4 is 49.4 Å². The van der Waals surface area contributed by atoms with Gasteiger partial charge in [0.25, 0.3) is 0 Å². The van der Waals surface area contributed by atoms with Gasteiger partial charge in [0.2, 0.25) is 0 Å². The molecule has 2 aromatic rings. The van der Waals surface area contributed by atoms with Gasteiger partial charge >= 0.3 is 0 Å². The molecule has 122 valence electrons. The SMILES string of the molecule is Brc1ccc(SCCN2CCN(c3ccc(Br)cn3)CC2)nc1. The molecule has 0 aromatic carbocycles. The molecule has 1 aliphatic heterocycles. The van der Waals surface area contributed by atoms with E-state index >= 15 is 0 Å². The molecular formula is C16H18Br2N4S. The fourth-order valence-corrected chi connectivity index (χ4v) is 3.80. The lowest BCUT2D eigenvalue weighted by atomic mass is 10.3. The molecule has 1 fully saturated rings. The summed E-state index contributed by atoms with van der Waals surface area (Å²) in [6.07, 6.45) is 3.72. The van der Waals surface area contributed by atoms with Gasteiger partial charge in [-0.25, -0.2) is 9.97 Å². The fourth-order valence-electron chi connectivity index (χ4n) is 2.48. The number of piperazine rings is 1. The maximum atomic E-state index is 4.48. The Bertz CT molecular complexity index is 610. The molecule has 0 N–H and O–H groups in total. The standard InChI is InChI=1S/C16H18Br2N4S/c17-13-1-3-15(19-11-13)22-7-5-21(6-8-22)9-10-23-16-4-2-14(18)12-20-16/h1-4,11-12H,5-10H2. The predicted octanol–water partition coefficient (Wildman–Crippen LogP) is 3.92. The van der Waals surface area contributed by atoms with Crippen LogP contribution in [0.25, 0.3) is 0 Å². The highest BCUT2D eigenvalue weighted by molar-refractivity contribution is 9.10. The lowest BCUT2D eigenvalue weighted by molar-refractivity contribution is 0.272. The molecule has 1 aliphatic rings. The van der Waals surface area contributed by atoms with E-state index in [4.69, 9.17) is 0 Å². The molecule has 0 saturated carbocycles. The van der Waals surface area contributed by atoms with Crippen molar-refractivity contribution in [2.75, 3.05) is 43.4 Å². The minimum atomic E-state index is 1.03. The van der Waals surface area contributed by atoms with Crippen LogP contribution in [0.2, 0.25) is 0 Å². The van der Waals surface area contributed by atoms with E-state index in [1.165, 1.54) is 0 Å². The van der Waals surface area contributed by atoms with E-state index in [-0.39, 0.29) is 0 Å². The Hall–Kier alpha value is -0.630. The first-order chi connectivity index (χ1) is 11.2. The lowest BCUT2D eigenvalue weighted by Crippen LogP contribution is -2.47. The summed E-state index contributed by atoms with van der Waals surface area (Å²) in [6.45, 7) is 5.35. The van der Waals surface area contributed by atoms with E-state index in [2.05, 4.69) is 69.8 Å². The van der Waals surface area contributed by atoms with E-state index in [9.17, 15) is 0 Å². The zero-order valence-corrected chi connectivity index (χ0v) is 16.6. The van der Waals surface area contributed by atoms with Crippen LogP contribution in [0.15, 0.2) is 50.6 Å². The third-order valence-corrected chi connectivity index (χ3v) is 5.63. The normalized spacial score (nSPS) is 15.8. The first-order valence-corrected chi connectivity index (χ1v) is 10.1. The van der Waals surface area contributed by atoms with Crippen molar-refractivity contribution in [3.8, 4) is 0 Å². The summed E-state index contributed by atoms with van der Waals surface area (Å²) in [4.78, 5) is 13.7. The van der Waals surface area contributed by atoms with Gasteiger partial charge in [0, 0.05) is 59.8 Å². The van der Waals surface area contributed by atoms with Crippen molar-refractivity contribution in [1.82, 2.24) is 14.9 Å². The molecule has 1 saturated heterocycles. The van der Waals surface area contributed by atoms with E-state index in [0.717, 1.165) is 58.3 Å². The molecule has 0 atom stereocenters. The molecule has 0 unspecified atom stereocenters. The lowest BCUT2D eigenvalue weighted by Gasteiger charge is -2.35. The molecule has 2 aromatic heterocycles. The van der Waals surface area contributed by atoms with Gasteiger partial charge in [0.05, 0.1) is 5.03 Å². The molecular weight excluding hydrogens is 440 g/mol. The Kier molecular flexibility index (Phi) is 6.33. The van der Waals surface area contributed by atoms with Crippen LogP contribution in [0.1, 0.15) is 0 Å². The summed E-state index contributed by atoms with van der Waals surface area (Å²) in [5.74, 6) is 2.15. The third-order valence-electron chi connectivity index (χ3n) is 3.77. The van der Waals surface area contributed by atoms with E-state index < -0.39 is 0 Å². The number of hydrogen-bond donors (Lipinski definition) is 0. The van der Waals surface area contributed by atoms with Gasteiger partial charge in [0.15, 0.2) is 0 Å². The van der Waals surface area contributed by atoms with Crippen molar-refractivity contribution < 1.29 is 0 Å². The van der Waals surface area contributed by atoms with Crippen LogP contribution in [0.5, 0.6) is 0 Å². The van der Waals surface area contributed by atoms with Crippen LogP contribution in [-0.4, -0.2) is 53.3 Å². The van der Waals surface area contributed by atoms with E-state index in [0.29, 0.717) is 0 Å². The van der Waals surface area contributed by atoms with Gasteiger partial charge < -0.3 is 4.90 Å². The number of aromatic nitrogens is 2. The first-order valence-electron chi connectivity index (χ1n) is 7.54.